The molecule has 0 unspecified atom stereocenters. The first-order valence-electron chi connectivity index (χ1n) is 7.90. The Morgan fingerprint density at radius 3 is 2.76 bits per heavy atom. The van der Waals surface area contributed by atoms with Gasteiger partial charge in [-0.15, -0.1) is 0 Å². The number of likely N-dealkylation sites (tertiary alicyclic amines) is 1. The number of hydrogen-bond acceptors (Lipinski definition) is 3. The van der Waals surface area contributed by atoms with Crippen LogP contribution in [0.4, 0.5) is 5.69 Å². The fraction of sp³-hybridized carbons (Fsp3) is 0.588. The van der Waals surface area contributed by atoms with E-state index in [-0.39, 0.29) is 5.91 Å². The zero-order chi connectivity index (χ0) is 15.0. The first kappa shape index (κ1) is 14.4. The number of carbonyl (C=O) groups excluding carboxylic acids is 1. The SMILES string of the molecule is Cc1ccc(N[C@H]2CCCN(C(=O)C3(N)CC3)C2)cc1C. The number of hydrogen-bond donors (Lipinski definition) is 2. The zero-order valence-electron chi connectivity index (χ0n) is 13.0. The number of aryl methyl sites for hydroxylation is 2. The Morgan fingerprint density at radius 2 is 2.10 bits per heavy atom. The summed E-state index contributed by atoms with van der Waals surface area (Å²) in [6.07, 6.45) is 3.84. The van der Waals surface area contributed by atoms with Crippen LogP contribution in [0.1, 0.15) is 36.8 Å². The van der Waals surface area contributed by atoms with Gasteiger partial charge >= 0.3 is 0 Å². The summed E-state index contributed by atoms with van der Waals surface area (Å²) in [4.78, 5) is 14.3. The van der Waals surface area contributed by atoms with E-state index in [0.717, 1.165) is 44.5 Å². The smallest absolute Gasteiger partial charge is 0.242 e. The Kier molecular flexibility index (Phi) is 3.66. The van der Waals surface area contributed by atoms with Gasteiger partial charge in [-0.25, -0.2) is 0 Å². The lowest BCUT2D eigenvalue weighted by Crippen LogP contribution is -2.52. The molecule has 0 radical (unpaired) electrons. The summed E-state index contributed by atoms with van der Waals surface area (Å²) in [5, 5.41) is 3.57. The number of benzene rings is 1. The molecule has 1 heterocycles. The van der Waals surface area contributed by atoms with E-state index in [1.165, 1.54) is 11.1 Å². The van der Waals surface area contributed by atoms with Crippen molar-refractivity contribution < 1.29 is 4.79 Å². The molecule has 0 aromatic heterocycles. The molecule has 21 heavy (non-hydrogen) atoms. The molecular formula is C17H25N3O. The second kappa shape index (κ2) is 5.34. The van der Waals surface area contributed by atoms with Crippen molar-refractivity contribution in [3.8, 4) is 0 Å². The minimum absolute atomic E-state index is 0.147. The monoisotopic (exact) mass is 287 g/mol. The quantitative estimate of drug-likeness (QED) is 0.896. The van der Waals surface area contributed by atoms with Gasteiger partial charge in [0.25, 0.3) is 0 Å². The van der Waals surface area contributed by atoms with Gasteiger partial charge in [-0.1, -0.05) is 6.07 Å². The highest BCUT2D eigenvalue weighted by Gasteiger charge is 2.48. The Labute approximate surface area is 126 Å². The summed E-state index contributed by atoms with van der Waals surface area (Å²) >= 11 is 0. The standard InChI is InChI=1S/C17H25N3O/c1-12-5-6-14(10-13(12)2)19-15-4-3-9-20(11-15)16(21)17(18)7-8-17/h5-6,10,15,19H,3-4,7-9,11,18H2,1-2H3/t15-/m0/s1. The molecule has 1 aliphatic heterocycles. The maximum Gasteiger partial charge on any atom is 0.242 e. The topological polar surface area (TPSA) is 58.4 Å². The van der Waals surface area contributed by atoms with Gasteiger partial charge in [0.1, 0.15) is 0 Å². The minimum Gasteiger partial charge on any atom is -0.381 e. The molecule has 114 valence electrons. The molecule has 1 aliphatic carbocycles. The number of nitrogens with one attached hydrogen (secondary N) is 1. The average Bonchev–Trinajstić information content (AvgIpc) is 3.22. The number of rotatable bonds is 3. The highest BCUT2D eigenvalue weighted by molar-refractivity contribution is 5.89. The third kappa shape index (κ3) is 3.05. The van der Waals surface area contributed by atoms with Crippen LogP contribution >= 0.6 is 0 Å². The lowest BCUT2D eigenvalue weighted by molar-refractivity contribution is -0.134. The molecule has 2 aliphatic rings. The van der Waals surface area contributed by atoms with Crippen LogP contribution in [-0.4, -0.2) is 35.5 Å². The zero-order valence-corrected chi connectivity index (χ0v) is 13.0. The number of amides is 1. The molecule has 1 atom stereocenters. The van der Waals surface area contributed by atoms with Crippen molar-refractivity contribution >= 4 is 11.6 Å². The predicted molar refractivity (Wildman–Crippen MR) is 85.3 cm³/mol. The highest BCUT2D eigenvalue weighted by atomic mass is 16.2. The van der Waals surface area contributed by atoms with Crippen LogP contribution in [0.15, 0.2) is 18.2 Å². The van der Waals surface area contributed by atoms with Crippen LogP contribution in [0.25, 0.3) is 0 Å². The van der Waals surface area contributed by atoms with Crippen LogP contribution in [0, 0.1) is 13.8 Å². The molecule has 4 nitrogen and oxygen atoms in total. The van der Waals surface area contributed by atoms with Gasteiger partial charge in [-0.05, 0) is 62.8 Å². The second-order valence-electron chi connectivity index (χ2n) is 6.69. The number of nitrogens with two attached hydrogens (primary N) is 1. The minimum atomic E-state index is -0.539. The molecule has 3 rings (SSSR count). The Morgan fingerprint density at radius 1 is 1.33 bits per heavy atom. The maximum absolute atomic E-state index is 12.4. The van der Waals surface area contributed by atoms with Crippen molar-refractivity contribution in [2.75, 3.05) is 18.4 Å². The lowest BCUT2D eigenvalue weighted by atomic mass is 10.0. The van der Waals surface area contributed by atoms with Gasteiger partial charge in [0.15, 0.2) is 0 Å². The van der Waals surface area contributed by atoms with Gasteiger partial charge in [0.05, 0.1) is 5.54 Å². The van der Waals surface area contributed by atoms with E-state index in [1.54, 1.807) is 0 Å². The van der Waals surface area contributed by atoms with Crippen molar-refractivity contribution in [3.05, 3.63) is 29.3 Å². The third-order valence-corrected chi connectivity index (χ3v) is 4.80. The number of piperidine rings is 1. The van der Waals surface area contributed by atoms with E-state index < -0.39 is 5.54 Å². The van der Waals surface area contributed by atoms with Gasteiger partial charge in [0, 0.05) is 24.8 Å². The van der Waals surface area contributed by atoms with Crippen LogP contribution < -0.4 is 11.1 Å². The molecule has 1 aromatic carbocycles. The normalized spacial score (nSPS) is 23.8. The van der Waals surface area contributed by atoms with Gasteiger partial charge < -0.3 is 16.0 Å². The van der Waals surface area contributed by atoms with Crippen LogP contribution in [0.3, 0.4) is 0 Å². The molecule has 2 fully saturated rings. The summed E-state index contributed by atoms with van der Waals surface area (Å²) in [6, 6.07) is 6.77. The molecule has 0 bridgehead atoms. The van der Waals surface area contributed by atoms with Gasteiger partial charge in [-0.2, -0.15) is 0 Å². The summed E-state index contributed by atoms with van der Waals surface area (Å²) < 4.78 is 0. The second-order valence-corrected chi connectivity index (χ2v) is 6.69. The van der Waals surface area contributed by atoms with E-state index in [2.05, 4.69) is 37.4 Å². The van der Waals surface area contributed by atoms with Crippen molar-refractivity contribution in [2.24, 2.45) is 5.73 Å². The third-order valence-electron chi connectivity index (χ3n) is 4.80. The average molecular weight is 287 g/mol. The number of carbonyl (C=O) groups is 1. The molecular weight excluding hydrogens is 262 g/mol. The molecule has 1 amide bonds. The van der Waals surface area contributed by atoms with Crippen LogP contribution in [0.5, 0.6) is 0 Å². The molecule has 1 saturated carbocycles. The van der Waals surface area contributed by atoms with E-state index in [0.29, 0.717) is 6.04 Å². The van der Waals surface area contributed by atoms with Crippen LogP contribution in [-0.2, 0) is 4.79 Å². The van der Waals surface area contributed by atoms with Crippen molar-refractivity contribution in [1.82, 2.24) is 4.90 Å². The fourth-order valence-electron chi connectivity index (χ4n) is 3.01. The Balaban J connectivity index is 1.63. The van der Waals surface area contributed by atoms with Crippen molar-refractivity contribution in [1.29, 1.82) is 0 Å². The fourth-order valence-corrected chi connectivity index (χ4v) is 3.01. The molecule has 1 saturated heterocycles. The molecule has 0 spiro atoms. The van der Waals surface area contributed by atoms with E-state index in [9.17, 15) is 4.79 Å². The predicted octanol–water partition coefficient (Wildman–Crippen LogP) is 2.20. The maximum atomic E-state index is 12.4. The first-order chi connectivity index (χ1) is 9.98. The van der Waals surface area contributed by atoms with Crippen molar-refractivity contribution in [3.63, 3.8) is 0 Å². The highest BCUT2D eigenvalue weighted by Crippen LogP contribution is 2.35. The lowest BCUT2D eigenvalue weighted by Gasteiger charge is -2.35. The number of nitrogens with zero attached hydrogens (tertiary/aromatic N) is 1. The Hall–Kier alpha value is -1.55. The largest absolute Gasteiger partial charge is 0.381 e. The van der Waals surface area contributed by atoms with E-state index in [4.69, 9.17) is 5.73 Å². The molecule has 3 N–H and O–H groups in total. The Bertz CT molecular complexity index is 551. The summed E-state index contributed by atoms with van der Waals surface area (Å²) in [7, 11) is 0. The summed E-state index contributed by atoms with van der Waals surface area (Å²) in [5.41, 5.74) is 9.25. The van der Waals surface area contributed by atoms with Crippen molar-refractivity contribution in [2.45, 2.75) is 51.1 Å². The van der Waals surface area contributed by atoms with E-state index >= 15 is 0 Å². The number of anilines is 1. The first-order valence-corrected chi connectivity index (χ1v) is 7.90. The molecule has 4 heteroatoms. The summed E-state index contributed by atoms with van der Waals surface area (Å²) in [6.45, 7) is 5.87. The van der Waals surface area contributed by atoms with Crippen LogP contribution in [0.2, 0.25) is 0 Å². The summed E-state index contributed by atoms with van der Waals surface area (Å²) in [5.74, 6) is 0.147. The van der Waals surface area contributed by atoms with Gasteiger partial charge in [-0.3, -0.25) is 4.79 Å². The van der Waals surface area contributed by atoms with E-state index in [1.807, 2.05) is 4.90 Å². The van der Waals surface area contributed by atoms with Gasteiger partial charge in [0.2, 0.25) is 5.91 Å². The molecule has 1 aromatic rings.